The molecule has 0 amide bonds. The van der Waals surface area contributed by atoms with Crippen molar-refractivity contribution in [2.45, 2.75) is 6.92 Å². The van der Waals surface area contributed by atoms with E-state index in [1.165, 1.54) is 0 Å². The van der Waals surface area contributed by atoms with Crippen LogP contribution in [0.1, 0.15) is 5.56 Å². The van der Waals surface area contributed by atoms with E-state index >= 15 is 0 Å². The van der Waals surface area contributed by atoms with Gasteiger partial charge in [-0.25, -0.2) is 0 Å². The maximum atomic E-state index is 6.02. The number of halogens is 2. The number of nitrogens with zero attached hydrogens (tertiary/aromatic N) is 2. The van der Waals surface area contributed by atoms with Crippen molar-refractivity contribution < 1.29 is 4.74 Å². The standard InChI is InChI=1S/C10H9Cl2N3OS/c1-5-3-7(8(16-2)4-6(5)11)13-10-9(12)14-17-15-10/h3-4H,1-2H3,(H,13,15). The van der Waals surface area contributed by atoms with Crippen LogP contribution in [0.25, 0.3) is 0 Å². The van der Waals surface area contributed by atoms with Crippen LogP contribution >= 0.6 is 34.9 Å². The Hall–Kier alpha value is -1.04. The molecule has 0 aliphatic rings. The van der Waals surface area contributed by atoms with Gasteiger partial charge >= 0.3 is 0 Å². The summed E-state index contributed by atoms with van der Waals surface area (Å²) in [5.41, 5.74) is 1.69. The molecule has 1 aromatic carbocycles. The van der Waals surface area contributed by atoms with Gasteiger partial charge in [0.2, 0.25) is 0 Å². The highest BCUT2D eigenvalue weighted by Gasteiger charge is 2.11. The number of hydrogen-bond acceptors (Lipinski definition) is 5. The molecule has 0 radical (unpaired) electrons. The van der Waals surface area contributed by atoms with Gasteiger partial charge in [-0.15, -0.1) is 0 Å². The van der Waals surface area contributed by atoms with Gasteiger partial charge in [0, 0.05) is 11.1 Å². The summed E-state index contributed by atoms with van der Waals surface area (Å²) in [6.07, 6.45) is 0. The minimum Gasteiger partial charge on any atom is -0.495 e. The first-order valence-corrected chi connectivity index (χ1v) is 6.19. The Morgan fingerprint density at radius 3 is 2.65 bits per heavy atom. The lowest BCUT2D eigenvalue weighted by Crippen LogP contribution is -1.96. The van der Waals surface area contributed by atoms with E-state index in [-0.39, 0.29) is 0 Å². The van der Waals surface area contributed by atoms with Crippen LogP contribution in [0, 0.1) is 6.92 Å². The third-order valence-electron chi connectivity index (χ3n) is 2.18. The van der Waals surface area contributed by atoms with E-state index < -0.39 is 0 Å². The van der Waals surface area contributed by atoms with Gasteiger partial charge in [0.1, 0.15) is 5.75 Å². The Bertz CT molecular complexity index is 544. The van der Waals surface area contributed by atoms with Gasteiger partial charge in [-0.3, -0.25) is 0 Å². The van der Waals surface area contributed by atoms with Gasteiger partial charge < -0.3 is 10.1 Å². The van der Waals surface area contributed by atoms with Crippen LogP contribution in [0.15, 0.2) is 12.1 Å². The number of ether oxygens (including phenoxy) is 1. The lowest BCUT2D eigenvalue weighted by molar-refractivity contribution is 0.416. The number of aromatic nitrogens is 2. The Kier molecular flexibility index (Phi) is 3.71. The van der Waals surface area contributed by atoms with Gasteiger partial charge in [-0.1, -0.05) is 23.2 Å². The van der Waals surface area contributed by atoms with Gasteiger partial charge in [0.15, 0.2) is 11.0 Å². The van der Waals surface area contributed by atoms with E-state index in [1.54, 1.807) is 13.2 Å². The molecule has 0 saturated heterocycles. The van der Waals surface area contributed by atoms with Crippen molar-refractivity contribution in [2.24, 2.45) is 0 Å². The Morgan fingerprint density at radius 2 is 2.06 bits per heavy atom. The van der Waals surface area contributed by atoms with Crippen molar-refractivity contribution in [2.75, 3.05) is 12.4 Å². The van der Waals surface area contributed by atoms with Crippen molar-refractivity contribution in [3.63, 3.8) is 0 Å². The van der Waals surface area contributed by atoms with E-state index in [4.69, 9.17) is 27.9 Å². The summed E-state index contributed by atoms with van der Waals surface area (Å²) < 4.78 is 13.1. The van der Waals surface area contributed by atoms with Crippen LogP contribution in [-0.2, 0) is 0 Å². The van der Waals surface area contributed by atoms with Crippen molar-refractivity contribution in [1.29, 1.82) is 0 Å². The zero-order valence-corrected chi connectivity index (χ0v) is 11.4. The number of aryl methyl sites for hydroxylation is 1. The van der Waals surface area contributed by atoms with Crippen molar-refractivity contribution >= 4 is 46.4 Å². The molecule has 0 bridgehead atoms. The van der Waals surface area contributed by atoms with E-state index in [0.717, 1.165) is 23.0 Å². The molecule has 0 aliphatic carbocycles. The van der Waals surface area contributed by atoms with Gasteiger partial charge in [0.25, 0.3) is 0 Å². The fourth-order valence-corrected chi connectivity index (χ4v) is 2.11. The van der Waals surface area contributed by atoms with Crippen LogP contribution in [0.2, 0.25) is 10.2 Å². The molecular weight excluding hydrogens is 281 g/mol. The molecule has 90 valence electrons. The van der Waals surface area contributed by atoms with E-state index in [2.05, 4.69) is 14.1 Å². The molecule has 1 aromatic heterocycles. The average Bonchev–Trinajstić information content (AvgIpc) is 2.69. The number of rotatable bonds is 3. The summed E-state index contributed by atoms with van der Waals surface area (Å²) in [6.45, 7) is 1.91. The minimum absolute atomic E-state index is 0.338. The maximum absolute atomic E-state index is 6.02. The SMILES string of the molecule is COc1cc(Cl)c(C)cc1Nc1nsnc1Cl. The summed E-state index contributed by atoms with van der Waals surface area (Å²) in [6, 6.07) is 3.61. The fraction of sp³-hybridized carbons (Fsp3) is 0.200. The second-order valence-corrected chi connectivity index (χ2v) is 4.62. The molecule has 1 heterocycles. The zero-order valence-electron chi connectivity index (χ0n) is 9.12. The van der Waals surface area contributed by atoms with E-state index in [9.17, 15) is 0 Å². The Morgan fingerprint density at radius 1 is 1.29 bits per heavy atom. The number of methoxy groups -OCH3 is 1. The van der Waals surface area contributed by atoms with Gasteiger partial charge in [-0.2, -0.15) is 8.75 Å². The molecule has 0 fully saturated rings. The smallest absolute Gasteiger partial charge is 0.187 e. The third-order valence-corrected chi connectivity index (χ3v) is 3.48. The predicted molar refractivity (Wildman–Crippen MR) is 70.9 cm³/mol. The molecular formula is C10H9Cl2N3OS. The number of anilines is 2. The van der Waals surface area contributed by atoms with E-state index in [0.29, 0.717) is 21.7 Å². The predicted octanol–water partition coefficient (Wildman–Crippen LogP) is 3.91. The average molecular weight is 290 g/mol. The van der Waals surface area contributed by atoms with Crippen molar-refractivity contribution in [1.82, 2.24) is 8.75 Å². The quantitative estimate of drug-likeness (QED) is 0.931. The first-order valence-electron chi connectivity index (χ1n) is 4.71. The van der Waals surface area contributed by atoms with Crippen LogP contribution in [0.5, 0.6) is 5.75 Å². The molecule has 2 aromatic rings. The summed E-state index contributed by atoms with van der Waals surface area (Å²) in [5.74, 6) is 1.14. The molecule has 0 unspecified atom stereocenters. The topological polar surface area (TPSA) is 47.0 Å². The zero-order chi connectivity index (χ0) is 12.4. The summed E-state index contributed by atoms with van der Waals surface area (Å²) >= 11 is 12.9. The fourth-order valence-electron chi connectivity index (χ4n) is 1.31. The summed E-state index contributed by atoms with van der Waals surface area (Å²) in [5, 5.41) is 4.05. The molecule has 0 spiro atoms. The second kappa shape index (κ2) is 5.08. The van der Waals surface area contributed by atoms with Gasteiger partial charge in [-0.05, 0) is 18.6 Å². The maximum Gasteiger partial charge on any atom is 0.187 e. The second-order valence-electron chi connectivity index (χ2n) is 3.33. The molecule has 4 nitrogen and oxygen atoms in total. The molecule has 2 rings (SSSR count). The van der Waals surface area contributed by atoms with Crippen LogP contribution < -0.4 is 10.1 Å². The molecule has 7 heteroatoms. The summed E-state index contributed by atoms with van der Waals surface area (Å²) in [7, 11) is 1.58. The lowest BCUT2D eigenvalue weighted by atomic mass is 10.2. The number of benzene rings is 1. The highest BCUT2D eigenvalue weighted by molar-refractivity contribution is 6.99. The normalized spacial score (nSPS) is 10.4. The molecule has 0 aliphatic heterocycles. The first kappa shape index (κ1) is 12.4. The number of hydrogen-bond donors (Lipinski definition) is 1. The highest BCUT2D eigenvalue weighted by Crippen LogP contribution is 2.34. The van der Waals surface area contributed by atoms with Crippen molar-refractivity contribution in [3.05, 3.63) is 27.9 Å². The highest BCUT2D eigenvalue weighted by atomic mass is 35.5. The van der Waals surface area contributed by atoms with Crippen LogP contribution in [0.4, 0.5) is 11.5 Å². The largest absolute Gasteiger partial charge is 0.495 e. The lowest BCUT2D eigenvalue weighted by Gasteiger charge is -2.11. The molecule has 17 heavy (non-hydrogen) atoms. The Balaban J connectivity index is 2.38. The number of nitrogens with one attached hydrogen (secondary N) is 1. The summed E-state index contributed by atoms with van der Waals surface area (Å²) in [4.78, 5) is 0. The first-order chi connectivity index (χ1) is 8.11. The Labute approximate surface area is 113 Å². The molecule has 1 N–H and O–H groups in total. The molecule has 0 saturated carbocycles. The monoisotopic (exact) mass is 289 g/mol. The third kappa shape index (κ3) is 2.62. The van der Waals surface area contributed by atoms with Crippen LogP contribution in [-0.4, -0.2) is 15.9 Å². The van der Waals surface area contributed by atoms with Gasteiger partial charge in [0.05, 0.1) is 24.5 Å². The van der Waals surface area contributed by atoms with Crippen molar-refractivity contribution in [3.8, 4) is 5.75 Å². The van der Waals surface area contributed by atoms with Crippen LogP contribution in [0.3, 0.4) is 0 Å². The van der Waals surface area contributed by atoms with E-state index in [1.807, 2.05) is 13.0 Å². The minimum atomic E-state index is 0.338. The molecule has 0 atom stereocenters.